The number of nitrogens with zero attached hydrogens (tertiary/aromatic N) is 3. The van der Waals surface area contributed by atoms with Gasteiger partial charge in [0.2, 0.25) is 11.8 Å². The number of anilines is 1. The Morgan fingerprint density at radius 3 is 2.53 bits per heavy atom. The van der Waals surface area contributed by atoms with E-state index in [4.69, 9.17) is 0 Å². The van der Waals surface area contributed by atoms with Crippen molar-refractivity contribution in [1.82, 2.24) is 19.8 Å². The summed E-state index contributed by atoms with van der Waals surface area (Å²) in [5.74, 6) is -0.560. The second kappa shape index (κ2) is 11.5. The first-order valence-electron chi connectivity index (χ1n) is 11.5. The Morgan fingerprint density at radius 2 is 1.83 bits per heavy atom. The predicted molar refractivity (Wildman–Crippen MR) is 132 cm³/mol. The van der Waals surface area contributed by atoms with Crippen LogP contribution in [0.1, 0.15) is 38.4 Å². The maximum atomic E-state index is 13.2. The lowest BCUT2D eigenvalue weighted by Gasteiger charge is -2.22. The van der Waals surface area contributed by atoms with Crippen LogP contribution in [0, 0.1) is 0 Å². The predicted octanol–water partition coefficient (Wildman–Crippen LogP) is 3.35. The van der Waals surface area contributed by atoms with Crippen molar-refractivity contribution < 1.29 is 22.8 Å². The molecule has 0 aliphatic carbocycles. The van der Waals surface area contributed by atoms with Gasteiger partial charge in [-0.1, -0.05) is 44.7 Å². The fourth-order valence-corrected chi connectivity index (χ4v) is 4.50. The highest BCUT2D eigenvalue weighted by atomic mass is 32.2. The van der Waals surface area contributed by atoms with E-state index in [1.165, 1.54) is 24.3 Å². The first-order chi connectivity index (χ1) is 16.8. The molecule has 2 heterocycles. The molecule has 0 saturated carbocycles. The largest absolute Gasteiger partial charge is 0.418 e. The van der Waals surface area contributed by atoms with Gasteiger partial charge in [0.05, 0.1) is 29.2 Å². The summed E-state index contributed by atoms with van der Waals surface area (Å²) in [5.41, 5.74) is -1.11. The summed E-state index contributed by atoms with van der Waals surface area (Å²) in [7, 11) is 0. The number of amides is 2. The highest BCUT2D eigenvalue weighted by Crippen LogP contribution is 2.34. The van der Waals surface area contributed by atoms with Crippen molar-refractivity contribution in [3.63, 3.8) is 0 Å². The van der Waals surface area contributed by atoms with Crippen LogP contribution in [0.4, 0.5) is 18.9 Å². The Morgan fingerprint density at radius 1 is 1.11 bits per heavy atom. The Kier molecular flexibility index (Phi) is 8.83. The molecule has 0 bridgehead atoms. The summed E-state index contributed by atoms with van der Waals surface area (Å²) in [4.78, 5) is 47.8. The minimum atomic E-state index is -4.57. The van der Waals surface area contributed by atoms with E-state index < -0.39 is 17.6 Å². The quantitative estimate of drug-likeness (QED) is 0.444. The van der Waals surface area contributed by atoms with E-state index >= 15 is 0 Å². The zero-order chi connectivity index (χ0) is 26.5. The van der Waals surface area contributed by atoms with Gasteiger partial charge in [0, 0.05) is 37.7 Å². The molecule has 1 saturated heterocycles. The summed E-state index contributed by atoms with van der Waals surface area (Å²) >= 11 is 1.16. The maximum absolute atomic E-state index is 13.2. The second-order valence-electron chi connectivity index (χ2n) is 9.58. The fraction of sp³-hybridized carbons (Fsp3) is 0.500. The molecule has 2 aromatic rings. The summed E-state index contributed by atoms with van der Waals surface area (Å²) in [6, 6.07) is 6.30. The summed E-state index contributed by atoms with van der Waals surface area (Å²) in [6.07, 6.45) is -3.95. The van der Waals surface area contributed by atoms with Gasteiger partial charge in [-0.25, -0.2) is 4.98 Å². The number of nitrogens with one attached hydrogen (secondary N) is 2. The van der Waals surface area contributed by atoms with Crippen molar-refractivity contribution in [3.8, 4) is 0 Å². The van der Waals surface area contributed by atoms with Gasteiger partial charge >= 0.3 is 6.18 Å². The van der Waals surface area contributed by atoms with Crippen molar-refractivity contribution >= 4 is 29.3 Å². The highest BCUT2D eigenvalue weighted by Gasteiger charge is 2.33. The Labute approximate surface area is 211 Å². The van der Waals surface area contributed by atoms with Crippen LogP contribution in [0.15, 0.2) is 40.3 Å². The van der Waals surface area contributed by atoms with Crippen molar-refractivity contribution in [1.29, 1.82) is 0 Å². The topological polar surface area (TPSA) is 98.4 Å². The molecule has 36 heavy (non-hydrogen) atoms. The molecule has 2 N–H and O–H groups in total. The van der Waals surface area contributed by atoms with Gasteiger partial charge in [0.25, 0.3) is 5.56 Å². The molecule has 0 unspecified atom stereocenters. The minimum absolute atomic E-state index is 0.0757. The lowest BCUT2D eigenvalue weighted by Crippen LogP contribution is -2.38. The number of benzene rings is 1. The first-order valence-corrected chi connectivity index (χ1v) is 12.5. The molecule has 0 radical (unpaired) electrons. The lowest BCUT2D eigenvalue weighted by molar-refractivity contribution is -0.137. The molecule has 1 aliphatic rings. The standard InChI is InChI=1S/C24H30F3N5O3S/c1-23(2,3)18-13-19(33)30-22(29-18)36-15-21(35)32-10-6-9-31(11-12-32)14-20(34)28-17-8-5-4-7-16(17)24(25,26)27/h4-5,7-8,13H,6,9-12,14-15H2,1-3H3,(H,28,34)(H,29,30,33). The van der Waals surface area contributed by atoms with Gasteiger partial charge in [-0.2, -0.15) is 13.2 Å². The third kappa shape index (κ3) is 7.82. The van der Waals surface area contributed by atoms with E-state index in [0.29, 0.717) is 43.5 Å². The SMILES string of the molecule is CC(C)(C)c1cc(=O)[nH]c(SCC(=O)N2CCCN(CC(=O)Nc3ccccc3C(F)(F)F)CC2)n1. The number of halogens is 3. The van der Waals surface area contributed by atoms with Crippen LogP contribution in [0.2, 0.25) is 0 Å². The van der Waals surface area contributed by atoms with Gasteiger partial charge in [-0.3, -0.25) is 19.3 Å². The van der Waals surface area contributed by atoms with Gasteiger partial charge in [0.1, 0.15) is 0 Å². The minimum Gasteiger partial charge on any atom is -0.341 e. The van der Waals surface area contributed by atoms with Crippen LogP contribution in [0.25, 0.3) is 0 Å². The number of aromatic amines is 1. The van der Waals surface area contributed by atoms with Crippen molar-refractivity contribution in [3.05, 3.63) is 51.9 Å². The molecule has 0 spiro atoms. The molecular formula is C24H30F3N5O3S. The van der Waals surface area contributed by atoms with Crippen LogP contribution in [0.3, 0.4) is 0 Å². The smallest absolute Gasteiger partial charge is 0.341 e. The molecular weight excluding hydrogens is 495 g/mol. The van der Waals surface area contributed by atoms with Crippen molar-refractivity contribution in [2.45, 2.75) is 43.9 Å². The van der Waals surface area contributed by atoms with Crippen LogP contribution in [0.5, 0.6) is 0 Å². The lowest BCUT2D eigenvalue weighted by atomic mass is 9.92. The van der Waals surface area contributed by atoms with Gasteiger partial charge in [-0.15, -0.1) is 0 Å². The first kappa shape index (κ1) is 27.7. The molecule has 1 aromatic carbocycles. The highest BCUT2D eigenvalue weighted by molar-refractivity contribution is 7.99. The number of thioether (sulfide) groups is 1. The van der Waals surface area contributed by atoms with Gasteiger partial charge in [0.15, 0.2) is 5.16 Å². The summed E-state index contributed by atoms with van der Waals surface area (Å²) in [6.45, 7) is 7.62. The Bertz CT molecular complexity index is 1150. The third-order valence-electron chi connectivity index (χ3n) is 5.64. The second-order valence-corrected chi connectivity index (χ2v) is 10.5. The van der Waals surface area contributed by atoms with Crippen LogP contribution >= 0.6 is 11.8 Å². The van der Waals surface area contributed by atoms with Crippen LogP contribution in [-0.4, -0.2) is 70.1 Å². The van der Waals surface area contributed by atoms with E-state index in [-0.39, 0.29) is 34.9 Å². The van der Waals surface area contributed by atoms with E-state index in [0.717, 1.165) is 17.8 Å². The molecule has 196 valence electrons. The number of alkyl halides is 3. The molecule has 12 heteroatoms. The third-order valence-corrected chi connectivity index (χ3v) is 6.49. The normalized spacial score (nSPS) is 15.4. The molecule has 0 atom stereocenters. The summed E-state index contributed by atoms with van der Waals surface area (Å²) in [5, 5.41) is 2.74. The molecule has 1 fully saturated rings. The number of hydrogen-bond acceptors (Lipinski definition) is 6. The Hall–Kier alpha value is -2.86. The van der Waals surface area contributed by atoms with E-state index in [1.54, 1.807) is 4.90 Å². The number of carbonyl (C=O) groups is 2. The van der Waals surface area contributed by atoms with E-state index in [2.05, 4.69) is 15.3 Å². The zero-order valence-corrected chi connectivity index (χ0v) is 21.3. The number of hydrogen-bond donors (Lipinski definition) is 2. The van der Waals surface area contributed by atoms with Crippen LogP contribution < -0.4 is 10.9 Å². The monoisotopic (exact) mass is 525 g/mol. The average Bonchev–Trinajstić information content (AvgIpc) is 3.01. The number of para-hydroxylation sites is 1. The van der Waals surface area contributed by atoms with Gasteiger partial charge in [-0.05, 0) is 18.6 Å². The Balaban J connectivity index is 1.52. The molecule has 1 aromatic heterocycles. The molecule has 8 nitrogen and oxygen atoms in total. The van der Waals surface area contributed by atoms with Gasteiger partial charge < -0.3 is 15.2 Å². The van der Waals surface area contributed by atoms with Crippen LogP contribution in [-0.2, 0) is 21.2 Å². The summed E-state index contributed by atoms with van der Waals surface area (Å²) < 4.78 is 39.5. The van der Waals surface area contributed by atoms with E-state index in [1.807, 2.05) is 25.7 Å². The molecule has 3 rings (SSSR count). The maximum Gasteiger partial charge on any atom is 0.418 e. The zero-order valence-electron chi connectivity index (χ0n) is 20.4. The number of H-pyrrole nitrogens is 1. The average molecular weight is 526 g/mol. The van der Waals surface area contributed by atoms with E-state index in [9.17, 15) is 27.6 Å². The number of carbonyl (C=O) groups excluding carboxylic acids is 2. The fourth-order valence-electron chi connectivity index (χ4n) is 3.72. The number of rotatable bonds is 6. The number of aromatic nitrogens is 2. The molecule has 1 aliphatic heterocycles. The molecule has 2 amide bonds. The van der Waals surface area contributed by atoms with Crippen molar-refractivity contribution in [2.24, 2.45) is 0 Å². The van der Waals surface area contributed by atoms with Crippen molar-refractivity contribution in [2.75, 3.05) is 43.8 Å².